The molecule has 0 aliphatic carbocycles. The highest BCUT2D eigenvalue weighted by atomic mass is 16.5. The molecule has 0 saturated carbocycles. The van der Waals surface area contributed by atoms with Gasteiger partial charge in [0.2, 0.25) is 0 Å². The van der Waals surface area contributed by atoms with Crippen molar-refractivity contribution in [3.8, 4) is 16.9 Å². The Kier molecular flexibility index (Phi) is 5.19. The Morgan fingerprint density at radius 1 is 1.05 bits per heavy atom. The lowest BCUT2D eigenvalue weighted by Gasteiger charge is -2.11. The molecule has 2 aromatic rings. The topological polar surface area (TPSA) is 21.3 Å². The average molecular weight is 269 g/mol. The summed E-state index contributed by atoms with van der Waals surface area (Å²) in [6.45, 7) is 3.02. The van der Waals surface area contributed by atoms with Gasteiger partial charge >= 0.3 is 0 Å². The summed E-state index contributed by atoms with van der Waals surface area (Å²) < 4.78 is 5.41. The summed E-state index contributed by atoms with van der Waals surface area (Å²) in [5.41, 5.74) is 5.11. The predicted octanol–water partition coefficient (Wildman–Crippen LogP) is 4.03. The molecule has 0 spiro atoms. The van der Waals surface area contributed by atoms with Gasteiger partial charge in [0, 0.05) is 12.1 Å². The van der Waals surface area contributed by atoms with Gasteiger partial charge < -0.3 is 10.1 Å². The van der Waals surface area contributed by atoms with Gasteiger partial charge in [0.1, 0.15) is 5.75 Å². The van der Waals surface area contributed by atoms with Crippen LogP contribution in [0.3, 0.4) is 0 Å². The van der Waals surface area contributed by atoms with E-state index in [0.29, 0.717) is 0 Å². The maximum Gasteiger partial charge on any atom is 0.123 e. The zero-order valence-electron chi connectivity index (χ0n) is 12.6. The molecule has 0 unspecified atom stereocenters. The van der Waals surface area contributed by atoms with Gasteiger partial charge in [-0.1, -0.05) is 43.7 Å². The molecule has 2 heteroatoms. The number of rotatable bonds is 6. The highest BCUT2D eigenvalue weighted by molar-refractivity contribution is 5.66. The standard InChI is InChI=1S/C18H23NO/c1-4-6-14-7-5-8-15(11-14)16-9-10-18(20-3)17(12-16)13-19-2/h5,7-12,19H,4,6,13H2,1-3H3. The van der Waals surface area contributed by atoms with Crippen molar-refractivity contribution in [2.75, 3.05) is 14.2 Å². The van der Waals surface area contributed by atoms with E-state index < -0.39 is 0 Å². The van der Waals surface area contributed by atoms with Crippen LogP contribution in [0.2, 0.25) is 0 Å². The third kappa shape index (κ3) is 3.40. The lowest BCUT2D eigenvalue weighted by Crippen LogP contribution is -2.06. The predicted molar refractivity (Wildman–Crippen MR) is 85.2 cm³/mol. The molecule has 0 fully saturated rings. The molecule has 0 amide bonds. The minimum Gasteiger partial charge on any atom is -0.496 e. The monoisotopic (exact) mass is 269 g/mol. The summed E-state index contributed by atoms with van der Waals surface area (Å²) in [6, 6.07) is 15.2. The Hall–Kier alpha value is -1.80. The molecule has 0 atom stereocenters. The maximum atomic E-state index is 5.41. The minimum atomic E-state index is 0.811. The van der Waals surface area contributed by atoms with Crippen molar-refractivity contribution in [1.82, 2.24) is 5.32 Å². The average Bonchev–Trinajstić information content (AvgIpc) is 2.48. The highest BCUT2D eigenvalue weighted by Crippen LogP contribution is 2.27. The molecule has 0 heterocycles. The van der Waals surface area contributed by atoms with Gasteiger partial charge in [-0.2, -0.15) is 0 Å². The third-order valence-corrected chi connectivity index (χ3v) is 3.45. The van der Waals surface area contributed by atoms with E-state index in [1.54, 1.807) is 7.11 Å². The molecule has 20 heavy (non-hydrogen) atoms. The normalized spacial score (nSPS) is 10.6. The van der Waals surface area contributed by atoms with Gasteiger partial charge in [0.15, 0.2) is 0 Å². The minimum absolute atomic E-state index is 0.811. The zero-order chi connectivity index (χ0) is 14.4. The summed E-state index contributed by atoms with van der Waals surface area (Å²) in [5.74, 6) is 0.938. The Balaban J connectivity index is 2.36. The second kappa shape index (κ2) is 7.11. The van der Waals surface area contributed by atoms with Crippen molar-refractivity contribution >= 4 is 0 Å². The second-order valence-electron chi connectivity index (χ2n) is 5.01. The smallest absolute Gasteiger partial charge is 0.123 e. The van der Waals surface area contributed by atoms with Crippen molar-refractivity contribution in [3.63, 3.8) is 0 Å². The Labute approximate surface area is 121 Å². The van der Waals surface area contributed by atoms with Crippen molar-refractivity contribution in [1.29, 1.82) is 0 Å². The Morgan fingerprint density at radius 2 is 1.85 bits per heavy atom. The molecular formula is C18H23NO. The molecule has 2 rings (SSSR count). The van der Waals surface area contributed by atoms with Crippen LogP contribution in [-0.4, -0.2) is 14.2 Å². The maximum absolute atomic E-state index is 5.41. The van der Waals surface area contributed by atoms with Crippen molar-refractivity contribution in [2.24, 2.45) is 0 Å². The van der Waals surface area contributed by atoms with Crippen molar-refractivity contribution < 1.29 is 4.74 Å². The van der Waals surface area contributed by atoms with Crippen LogP contribution in [0, 0.1) is 0 Å². The second-order valence-corrected chi connectivity index (χ2v) is 5.01. The van der Waals surface area contributed by atoms with Gasteiger partial charge in [-0.25, -0.2) is 0 Å². The summed E-state index contributed by atoms with van der Waals surface area (Å²) in [7, 11) is 3.67. The molecule has 1 N–H and O–H groups in total. The van der Waals surface area contributed by atoms with Crippen molar-refractivity contribution in [3.05, 3.63) is 53.6 Å². The quantitative estimate of drug-likeness (QED) is 0.854. The molecule has 0 saturated heterocycles. The van der Waals surface area contributed by atoms with Crippen LogP contribution in [0.15, 0.2) is 42.5 Å². The fourth-order valence-electron chi connectivity index (χ4n) is 2.48. The first-order valence-corrected chi connectivity index (χ1v) is 7.19. The van der Waals surface area contributed by atoms with E-state index in [-0.39, 0.29) is 0 Å². The number of hydrogen-bond donors (Lipinski definition) is 1. The van der Waals surface area contributed by atoms with E-state index in [2.05, 4.69) is 54.7 Å². The molecule has 106 valence electrons. The molecule has 0 radical (unpaired) electrons. The van der Waals surface area contributed by atoms with E-state index in [4.69, 9.17) is 4.74 Å². The first-order chi connectivity index (χ1) is 9.78. The van der Waals surface area contributed by atoms with Crippen molar-refractivity contribution in [2.45, 2.75) is 26.3 Å². The first kappa shape index (κ1) is 14.6. The summed E-state index contributed by atoms with van der Waals surface area (Å²) in [6.07, 6.45) is 2.31. The highest BCUT2D eigenvalue weighted by Gasteiger charge is 2.06. The van der Waals surface area contributed by atoms with Crippen LogP contribution in [0.1, 0.15) is 24.5 Å². The third-order valence-electron chi connectivity index (χ3n) is 3.45. The van der Waals surface area contributed by atoms with E-state index in [0.717, 1.165) is 18.7 Å². The Bertz CT molecular complexity index is 563. The van der Waals surface area contributed by atoms with Gasteiger partial charge in [0.05, 0.1) is 7.11 Å². The number of hydrogen-bond acceptors (Lipinski definition) is 2. The first-order valence-electron chi connectivity index (χ1n) is 7.19. The van der Waals surface area contributed by atoms with E-state index in [9.17, 15) is 0 Å². The van der Waals surface area contributed by atoms with E-state index in [1.165, 1.54) is 28.7 Å². The largest absolute Gasteiger partial charge is 0.496 e. The van der Waals surface area contributed by atoms with Crippen LogP contribution < -0.4 is 10.1 Å². The van der Waals surface area contributed by atoms with Gasteiger partial charge in [-0.15, -0.1) is 0 Å². The zero-order valence-corrected chi connectivity index (χ0v) is 12.6. The SMILES string of the molecule is CCCc1cccc(-c2ccc(OC)c(CNC)c2)c1. The molecule has 0 aromatic heterocycles. The lowest BCUT2D eigenvalue weighted by molar-refractivity contribution is 0.408. The van der Waals surface area contributed by atoms with Crippen LogP contribution >= 0.6 is 0 Å². The summed E-state index contributed by atoms with van der Waals surface area (Å²) in [4.78, 5) is 0. The molecule has 0 bridgehead atoms. The van der Waals surface area contributed by atoms with Crippen LogP contribution in [0.5, 0.6) is 5.75 Å². The van der Waals surface area contributed by atoms with Gasteiger partial charge in [-0.3, -0.25) is 0 Å². The Morgan fingerprint density at radius 3 is 2.55 bits per heavy atom. The summed E-state index contributed by atoms with van der Waals surface area (Å²) in [5, 5.41) is 3.19. The molecule has 0 aliphatic heterocycles. The number of ether oxygens (including phenoxy) is 1. The summed E-state index contributed by atoms with van der Waals surface area (Å²) >= 11 is 0. The molecular weight excluding hydrogens is 246 g/mol. The fraction of sp³-hybridized carbons (Fsp3) is 0.333. The molecule has 0 aliphatic rings. The van der Waals surface area contributed by atoms with Gasteiger partial charge in [-0.05, 0) is 42.3 Å². The number of nitrogens with one attached hydrogen (secondary N) is 1. The fourth-order valence-corrected chi connectivity index (χ4v) is 2.48. The molecule has 2 nitrogen and oxygen atoms in total. The number of aryl methyl sites for hydroxylation is 1. The lowest BCUT2D eigenvalue weighted by atomic mass is 9.99. The van der Waals surface area contributed by atoms with Gasteiger partial charge in [0.25, 0.3) is 0 Å². The van der Waals surface area contributed by atoms with E-state index >= 15 is 0 Å². The molecule has 2 aromatic carbocycles. The van der Waals surface area contributed by atoms with Crippen LogP contribution in [-0.2, 0) is 13.0 Å². The van der Waals surface area contributed by atoms with Crippen LogP contribution in [0.4, 0.5) is 0 Å². The van der Waals surface area contributed by atoms with E-state index in [1.807, 2.05) is 7.05 Å². The number of methoxy groups -OCH3 is 1. The van der Waals surface area contributed by atoms with Crippen LogP contribution in [0.25, 0.3) is 11.1 Å². The number of benzene rings is 2.